The van der Waals surface area contributed by atoms with Crippen LogP contribution >= 0.6 is 0 Å². The van der Waals surface area contributed by atoms with Gasteiger partial charge in [0.2, 0.25) is 0 Å². The number of carbonyl (C=O) groups excluding carboxylic acids is 1. The number of ketones is 1. The molecule has 0 amide bonds. The van der Waals surface area contributed by atoms with Crippen LogP contribution in [0.2, 0.25) is 0 Å². The van der Waals surface area contributed by atoms with Crippen LogP contribution in [-0.2, 0) is 11.2 Å². The Morgan fingerprint density at radius 3 is 2.68 bits per heavy atom. The Morgan fingerprint density at radius 1 is 1.04 bits per heavy atom. The highest BCUT2D eigenvalue weighted by molar-refractivity contribution is 5.87. The molecule has 2 heteroatoms. The summed E-state index contributed by atoms with van der Waals surface area (Å²) in [6, 6.07) is 14.0. The van der Waals surface area contributed by atoms with E-state index < -0.39 is 0 Å². The molecule has 0 unspecified atom stereocenters. The maximum absolute atomic E-state index is 12.5. The highest BCUT2D eigenvalue weighted by atomic mass is 16.3. The van der Waals surface area contributed by atoms with Crippen molar-refractivity contribution in [3.05, 3.63) is 64.7 Å². The molecule has 2 aromatic carbocycles. The molecule has 2 nitrogen and oxygen atoms in total. The lowest BCUT2D eigenvalue weighted by atomic mass is 9.55. The minimum absolute atomic E-state index is 0.0917. The van der Waals surface area contributed by atoms with Gasteiger partial charge in [-0.05, 0) is 85.3 Å². The Morgan fingerprint density at radius 2 is 1.86 bits per heavy atom. The van der Waals surface area contributed by atoms with Gasteiger partial charge in [-0.1, -0.05) is 37.0 Å². The van der Waals surface area contributed by atoms with Crippen molar-refractivity contribution >= 4 is 5.78 Å². The molecule has 0 saturated heterocycles. The average molecular weight is 370 g/mol. The van der Waals surface area contributed by atoms with Gasteiger partial charge in [0, 0.05) is 17.4 Å². The second kappa shape index (κ2) is 6.52. The topological polar surface area (TPSA) is 37.3 Å². The van der Waals surface area contributed by atoms with Crippen LogP contribution in [0.25, 0.3) is 0 Å². The number of rotatable bonds is 0. The van der Waals surface area contributed by atoms with E-state index in [1.807, 2.05) is 36.4 Å². The van der Waals surface area contributed by atoms with Gasteiger partial charge in [0.05, 0.1) is 5.56 Å². The van der Waals surface area contributed by atoms with Crippen LogP contribution in [0.3, 0.4) is 0 Å². The molecule has 3 aliphatic carbocycles. The largest absolute Gasteiger partial charge is 0.507 e. The maximum Gasteiger partial charge on any atom is 0.139 e. The van der Waals surface area contributed by atoms with E-state index in [0.717, 1.165) is 49.7 Å². The van der Waals surface area contributed by atoms with Crippen molar-refractivity contribution in [2.24, 2.45) is 17.3 Å². The fourth-order valence-corrected chi connectivity index (χ4v) is 6.14. The summed E-state index contributed by atoms with van der Waals surface area (Å²) in [5.41, 5.74) is 4.23. The van der Waals surface area contributed by atoms with Gasteiger partial charge in [-0.2, -0.15) is 0 Å². The molecule has 1 N–H and O–H groups in total. The Hall–Kier alpha value is -2.53. The van der Waals surface area contributed by atoms with Gasteiger partial charge < -0.3 is 5.11 Å². The van der Waals surface area contributed by atoms with E-state index in [4.69, 9.17) is 0 Å². The van der Waals surface area contributed by atoms with Crippen LogP contribution in [0.1, 0.15) is 67.2 Å². The van der Waals surface area contributed by atoms with Gasteiger partial charge >= 0.3 is 0 Å². The van der Waals surface area contributed by atoms with Crippen molar-refractivity contribution < 1.29 is 9.90 Å². The number of hydrogen-bond donors (Lipinski definition) is 1. The molecule has 28 heavy (non-hydrogen) atoms. The fraction of sp³-hybridized carbons (Fsp3) is 0.423. The van der Waals surface area contributed by atoms with E-state index in [1.165, 1.54) is 11.1 Å². The molecule has 0 aliphatic heterocycles. The third-order valence-corrected chi connectivity index (χ3v) is 7.67. The molecule has 2 fully saturated rings. The standard InChI is InChI=1S/C26H26O2/c1-26-14-13-20-21(23(26)11-12-25(26)28)10-9-18-16-24(27)19(15-22(18)20)8-7-17-5-3-2-4-6-17/h2-6,15-16,20-21,23,27H,9-14H2,1H3/t20-,21+,23-,26-/m0/s1. The zero-order valence-electron chi connectivity index (χ0n) is 16.4. The van der Waals surface area contributed by atoms with Gasteiger partial charge in [0.25, 0.3) is 0 Å². The number of Topliss-reactive ketones (excluding diaryl/α,β-unsaturated/α-hetero) is 1. The van der Waals surface area contributed by atoms with Crippen LogP contribution in [0.15, 0.2) is 42.5 Å². The normalized spacial score (nSPS) is 30.6. The number of fused-ring (bicyclic) bond motifs is 5. The lowest BCUT2D eigenvalue weighted by Crippen LogP contribution is -2.42. The molecular formula is C26H26O2. The molecule has 0 heterocycles. The summed E-state index contributed by atoms with van der Waals surface area (Å²) in [4.78, 5) is 12.5. The van der Waals surface area contributed by atoms with Gasteiger partial charge in [0.1, 0.15) is 11.5 Å². The Bertz CT molecular complexity index is 994. The van der Waals surface area contributed by atoms with Crippen LogP contribution in [0.5, 0.6) is 5.75 Å². The van der Waals surface area contributed by atoms with E-state index in [0.29, 0.717) is 23.5 Å². The predicted octanol–water partition coefficient (Wildman–Crippen LogP) is 5.22. The van der Waals surface area contributed by atoms with Crippen molar-refractivity contribution in [1.29, 1.82) is 0 Å². The highest BCUT2D eigenvalue weighted by Gasteiger charge is 2.54. The van der Waals surface area contributed by atoms with Crippen LogP contribution in [0.4, 0.5) is 0 Å². The molecule has 3 aliphatic rings. The molecule has 0 radical (unpaired) electrons. The summed E-state index contributed by atoms with van der Waals surface area (Å²) < 4.78 is 0. The SMILES string of the molecule is C[C@]12CC[C@@H]3c4cc(C#Cc5ccccc5)c(O)cc4CC[C@H]3[C@@H]1CCC2=O. The van der Waals surface area contributed by atoms with Gasteiger partial charge in [-0.15, -0.1) is 0 Å². The number of aromatic hydroxyl groups is 1. The minimum Gasteiger partial charge on any atom is -0.507 e. The summed E-state index contributed by atoms with van der Waals surface area (Å²) >= 11 is 0. The zero-order valence-corrected chi connectivity index (χ0v) is 16.4. The van der Waals surface area contributed by atoms with Crippen molar-refractivity contribution in [3.8, 4) is 17.6 Å². The lowest BCUT2D eigenvalue weighted by molar-refractivity contribution is -0.129. The quantitative estimate of drug-likeness (QED) is 0.646. The first-order valence-electron chi connectivity index (χ1n) is 10.5. The second-order valence-corrected chi connectivity index (χ2v) is 9.02. The van der Waals surface area contributed by atoms with E-state index in [-0.39, 0.29) is 11.2 Å². The number of phenolic OH excluding ortho intramolecular Hbond substituents is 1. The number of phenols is 1. The number of carbonyl (C=O) groups is 1. The summed E-state index contributed by atoms with van der Waals surface area (Å²) in [7, 11) is 0. The first kappa shape index (κ1) is 17.6. The van der Waals surface area contributed by atoms with Gasteiger partial charge in [0.15, 0.2) is 0 Å². The predicted molar refractivity (Wildman–Crippen MR) is 110 cm³/mol. The third-order valence-electron chi connectivity index (χ3n) is 7.67. The lowest BCUT2D eigenvalue weighted by Gasteiger charge is -2.48. The van der Waals surface area contributed by atoms with Crippen LogP contribution < -0.4 is 0 Å². The number of aryl methyl sites for hydroxylation is 1. The highest BCUT2D eigenvalue weighted by Crippen LogP contribution is 2.59. The molecule has 2 aromatic rings. The van der Waals surface area contributed by atoms with Gasteiger partial charge in [-0.25, -0.2) is 0 Å². The van der Waals surface area contributed by atoms with E-state index >= 15 is 0 Å². The van der Waals surface area contributed by atoms with Crippen molar-refractivity contribution in [2.45, 2.75) is 51.4 Å². The molecule has 142 valence electrons. The summed E-state index contributed by atoms with van der Waals surface area (Å²) in [5.74, 6) is 8.76. The third kappa shape index (κ3) is 2.68. The fourth-order valence-electron chi connectivity index (χ4n) is 6.14. The Balaban J connectivity index is 1.50. The molecule has 4 atom stereocenters. The first-order chi connectivity index (χ1) is 13.6. The Kier molecular flexibility index (Phi) is 4.09. The number of benzene rings is 2. The molecule has 5 rings (SSSR count). The summed E-state index contributed by atoms with van der Waals surface area (Å²) in [6.45, 7) is 2.21. The summed E-state index contributed by atoms with van der Waals surface area (Å²) in [6.07, 6.45) is 6.04. The van der Waals surface area contributed by atoms with Crippen molar-refractivity contribution in [2.75, 3.05) is 0 Å². The smallest absolute Gasteiger partial charge is 0.139 e. The molecule has 0 aromatic heterocycles. The maximum atomic E-state index is 12.5. The van der Waals surface area contributed by atoms with Crippen LogP contribution in [0, 0.1) is 29.1 Å². The van der Waals surface area contributed by atoms with E-state index in [1.54, 1.807) is 0 Å². The summed E-state index contributed by atoms with van der Waals surface area (Å²) in [5, 5.41) is 10.5. The average Bonchev–Trinajstić information content (AvgIpc) is 3.02. The molecule has 0 spiro atoms. The molecular weight excluding hydrogens is 344 g/mol. The number of hydrogen-bond acceptors (Lipinski definition) is 2. The van der Waals surface area contributed by atoms with Gasteiger partial charge in [-0.3, -0.25) is 4.79 Å². The van der Waals surface area contributed by atoms with Crippen LogP contribution in [-0.4, -0.2) is 10.9 Å². The monoisotopic (exact) mass is 370 g/mol. The second-order valence-electron chi connectivity index (χ2n) is 9.02. The van der Waals surface area contributed by atoms with Crippen molar-refractivity contribution in [1.82, 2.24) is 0 Å². The minimum atomic E-state index is -0.0917. The first-order valence-corrected chi connectivity index (χ1v) is 10.5. The van der Waals surface area contributed by atoms with Crippen molar-refractivity contribution in [3.63, 3.8) is 0 Å². The molecule has 0 bridgehead atoms. The zero-order chi connectivity index (χ0) is 19.3. The van der Waals surface area contributed by atoms with E-state index in [2.05, 4.69) is 24.8 Å². The Labute approximate surface area is 167 Å². The van der Waals surface area contributed by atoms with E-state index in [9.17, 15) is 9.90 Å². The molecule has 2 saturated carbocycles.